The van der Waals surface area contributed by atoms with Crippen molar-refractivity contribution in [3.05, 3.63) is 69.0 Å². The van der Waals surface area contributed by atoms with Crippen molar-refractivity contribution in [2.45, 2.75) is 11.4 Å². The molecule has 0 aliphatic rings. The molecule has 0 spiro atoms. The maximum Gasteiger partial charge on any atom is 0.316 e. The lowest BCUT2D eigenvalue weighted by Gasteiger charge is -2.18. The minimum Gasteiger partial charge on any atom is -0.351 e. The zero-order valence-electron chi connectivity index (χ0n) is 16.7. The van der Waals surface area contributed by atoms with E-state index in [1.807, 2.05) is 0 Å². The van der Waals surface area contributed by atoms with Gasteiger partial charge < -0.3 is 14.5 Å². The highest BCUT2D eigenvalue weighted by atomic mass is 32.2. The lowest BCUT2D eigenvalue weighted by atomic mass is 10.3. The number of carbonyl (C=O) groups excluding carboxylic acids is 1. The third-order valence-corrected chi connectivity index (χ3v) is 6.55. The molecule has 0 saturated carbocycles. The minimum absolute atomic E-state index is 0.0915. The van der Waals surface area contributed by atoms with Gasteiger partial charge in [0.1, 0.15) is 0 Å². The van der Waals surface area contributed by atoms with Gasteiger partial charge in [-0.25, -0.2) is 8.42 Å². The molecule has 0 unspecified atom stereocenters. The topological polar surface area (TPSA) is 123 Å². The number of sulfonamides is 1. The molecule has 2 aromatic heterocycles. The van der Waals surface area contributed by atoms with Gasteiger partial charge in [0.2, 0.25) is 15.9 Å². The summed E-state index contributed by atoms with van der Waals surface area (Å²) in [6.45, 7) is -0.153. The Balaban J connectivity index is 1.83. The third-order valence-electron chi connectivity index (χ3n) is 4.75. The predicted octanol–water partition coefficient (Wildman–Crippen LogP) is -0.431. The van der Waals surface area contributed by atoms with Gasteiger partial charge in [0.05, 0.1) is 22.5 Å². The highest BCUT2D eigenvalue weighted by Gasteiger charge is 2.24. The first-order valence-corrected chi connectivity index (χ1v) is 10.4. The number of hydrogen-bond acceptors (Lipinski definition) is 6. The Morgan fingerprint density at radius 2 is 1.77 bits per heavy atom. The number of amides is 1. The molecule has 1 N–H and O–H groups in total. The van der Waals surface area contributed by atoms with E-state index in [0.717, 1.165) is 14.4 Å². The van der Waals surface area contributed by atoms with Gasteiger partial charge in [-0.15, -0.1) is 0 Å². The molecule has 2 heterocycles. The van der Waals surface area contributed by atoms with Crippen LogP contribution in [0, 0.1) is 0 Å². The molecule has 11 heteroatoms. The van der Waals surface area contributed by atoms with E-state index in [9.17, 15) is 22.8 Å². The Labute approximate surface area is 172 Å². The van der Waals surface area contributed by atoms with Gasteiger partial charge in [0, 0.05) is 40.1 Å². The quantitative estimate of drug-likeness (QED) is 0.528. The molecule has 0 aliphatic carbocycles. The molecular weight excluding hydrogens is 410 g/mol. The van der Waals surface area contributed by atoms with E-state index in [1.165, 1.54) is 43.9 Å². The molecule has 1 aromatic carbocycles. The Kier molecular flexibility index (Phi) is 5.85. The van der Waals surface area contributed by atoms with Crippen LogP contribution >= 0.6 is 0 Å². The van der Waals surface area contributed by atoms with Crippen LogP contribution in [0.2, 0.25) is 0 Å². The van der Waals surface area contributed by atoms with Gasteiger partial charge in [-0.05, 0) is 29.8 Å². The normalized spacial score (nSPS) is 11.7. The van der Waals surface area contributed by atoms with Gasteiger partial charge in [-0.1, -0.05) is 6.07 Å². The van der Waals surface area contributed by atoms with Crippen LogP contribution in [0.5, 0.6) is 0 Å². The summed E-state index contributed by atoms with van der Waals surface area (Å²) in [6, 6.07) is 7.64. The van der Waals surface area contributed by atoms with E-state index in [-0.39, 0.29) is 23.5 Å². The van der Waals surface area contributed by atoms with Gasteiger partial charge in [0.15, 0.2) is 0 Å². The number of aromatic nitrogens is 3. The minimum atomic E-state index is -4.00. The number of aryl methyl sites for hydroxylation is 2. The SMILES string of the molecule is CN(CC(=O)NCc1cccnc1)S(=O)(=O)c1ccc2c(c1)n(C)c(=O)c(=O)n2C. The van der Waals surface area contributed by atoms with Crippen LogP contribution in [0.15, 0.2) is 57.2 Å². The van der Waals surface area contributed by atoms with Crippen molar-refractivity contribution < 1.29 is 13.2 Å². The van der Waals surface area contributed by atoms with Crippen LogP contribution < -0.4 is 16.4 Å². The van der Waals surface area contributed by atoms with E-state index in [1.54, 1.807) is 24.5 Å². The molecule has 0 saturated heterocycles. The molecule has 10 nitrogen and oxygen atoms in total. The summed E-state index contributed by atoms with van der Waals surface area (Å²) >= 11 is 0. The maximum atomic E-state index is 12.9. The van der Waals surface area contributed by atoms with Crippen LogP contribution in [0.4, 0.5) is 0 Å². The fourth-order valence-corrected chi connectivity index (χ4v) is 4.10. The molecular formula is C19H21N5O5S. The van der Waals surface area contributed by atoms with Gasteiger partial charge >= 0.3 is 11.1 Å². The first-order valence-electron chi connectivity index (χ1n) is 8.94. The van der Waals surface area contributed by atoms with Crippen LogP contribution in [0.1, 0.15) is 5.56 Å². The van der Waals surface area contributed by atoms with Crippen molar-refractivity contribution >= 4 is 27.0 Å². The zero-order valence-corrected chi connectivity index (χ0v) is 17.5. The Hall–Kier alpha value is -3.31. The Morgan fingerprint density at radius 1 is 1.10 bits per heavy atom. The summed E-state index contributed by atoms with van der Waals surface area (Å²) in [5.74, 6) is -0.472. The van der Waals surface area contributed by atoms with Crippen molar-refractivity contribution in [2.24, 2.45) is 14.1 Å². The van der Waals surface area contributed by atoms with Crippen LogP contribution in [0.25, 0.3) is 11.0 Å². The molecule has 0 radical (unpaired) electrons. The van der Waals surface area contributed by atoms with E-state index in [0.29, 0.717) is 5.52 Å². The molecule has 158 valence electrons. The predicted molar refractivity (Wildman–Crippen MR) is 110 cm³/mol. The van der Waals surface area contributed by atoms with Gasteiger partial charge in [-0.2, -0.15) is 4.31 Å². The maximum absolute atomic E-state index is 12.9. The number of nitrogens with one attached hydrogen (secondary N) is 1. The first kappa shape index (κ1) is 21.4. The van der Waals surface area contributed by atoms with Crippen molar-refractivity contribution in [3.63, 3.8) is 0 Å². The number of nitrogens with zero attached hydrogens (tertiary/aromatic N) is 4. The largest absolute Gasteiger partial charge is 0.351 e. The van der Waals surface area contributed by atoms with Crippen molar-refractivity contribution in [1.82, 2.24) is 23.7 Å². The average molecular weight is 431 g/mol. The molecule has 0 atom stereocenters. The highest BCUT2D eigenvalue weighted by molar-refractivity contribution is 7.89. The van der Waals surface area contributed by atoms with Gasteiger partial charge in [0.25, 0.3) is 0 Å². The Bertz CT molecular complexity index is 1330. The van der Waals surface area contributed by atoms with Crippen LogP contribution in [-0.4, -0.2) is 46.3 Å². The molecule has 3 aromatic rings. The highest BCUT2D eigenvalue weighted by Crippen LogP contribution is 2.19. The Morgan fingerprint density at radius 3 is 2.40 bits per heavy atom. The average Bonchev–Trinajstić information content (AvgIpc) is 2.75. The lowest BCUT2D eigenvalue weighted by molar-refractivity contribution is -0.121. The second-order valence-corrected chi connectivity index (χ2v) is 8.82. The molecule has 30 heavy (non-hydrogen) atoms. The summed E-state index contributed by atoms with van der Waals surface area (Å²) in [6.07, 6.45) is 3.22. The molecule has 3 rings (SSSR count). The summed E-state index contributed by atoms with van der Waals surface area (Å²) in [7, 11) is 0.135. The van der Waals surface area contributed by atoms with Crippen molar-refractivity contribution in [1.29, 1.82) is 0 Å². The fraction of sp³-hybridized carbons (Fsp3) is 0.263. The second-order valence-electron chi connectivity index (χ2n) is 6.78. The third kappa shape index (κ3) is 4.02. The monoisotopic (exact) mass is 431 g/mol. The first-order chi connectivity index (χ1) is 14.1. The number of likely N-dealkylation sites (N-methyl/N-ethyl adjacent to an activating group) is 1. The number of rotatable bonds is 6. The number of benzene rings is 1. The summed E-state index contributed by atoms with van der Waals surface area (Å²) in [4.78, 5) is 40.0. The number of pyridine rings is 1. The molecule has 1 amide bonds. The summed E-state index contributed by atoms with van der Waals surface area (Å²) < 4.78 is 29.0. The summed E-state index contributed by atoms with van der Waals surface area (Å²) in [5.41, 5.74) is 0.0265. The van der Waals surface area contributed by atoms with Crippen LogP contribution in [0.3, 0.4) is 0 Å². The number of hydrogen-bond donors (Lipinski definition) is 1. The lowest BCUT2D eigenvalue weighted by Crippen LogP contribution is -2.40. The van der Waals surface area contributed by atoms with E-state index >= 15 is 0 Å². The smallest absolute Gasteiger partial charge is 0.316 e. The van der Waals surface area contributed by atoms with Crippen molar-refractivity contribution in [3.8, 4) is 0 Å². The summed E-state index contributed by atoms with van der Waals surface area (Å²) in [5, 5.41) is 2.64. The molecule has 0 bridgehead atoms. The van der Waals surface area contributed by atoms with Crippen molar-refractivity contribution in [2.75, 3.05) is 13.6 Å². The van der Waals surface area contributed by atoms with Gasteiger partial charge in [-0.3, -0.25) is 19.4 Å². The standard InChI is InChI=1S/C19H21N5O5S/c1-22(12-17(25)21-11-13-5-4-8-20-10-13)30(28,29)14-6-7-15-16(9-14)24(3)19(27)18(26)23(15)2/h4-10H,11-12H2,1-3H3,(H,21,25). The van der Waals surface area contributed by atoms with E-state index in [4.69, 9.17) is 0 Å². The fourth-order valence-electron chi connectivity index (χ4n) is 2.95. The number of carbonyl (C=O) groups is 1. The zero-order chi connectivity index (χ0) is 22.1. The second kappa shape index (κ2) is 8.20. The van der Waals surface area contributed by atoms with E-state index in [2.05, 4.69) is 10.3 Å². The molecule has 0 fully saturated rings. The van der Waals surface area contributed by atoms with E-state index < -0.39 is 27.0 Å². The molecule has 0 aliphatic heterocycles. The number of fused-ring (bicyclic) bond motifs is 1. The van der Waals surface area contributed by atoms with Crippen LogP contribution in [-0.2, 0) is 35.5 Å².